The molecule has 3 heterocycles. The summed E-state index contributed by atoms with van der Waals surface area (Å²) in [4.78, 5) is 27.3. The summed E-state index contributed by atoms with van der Waals surface area (Å²) >= 11 is 0. The number of rotatable bonds is 3. The van der Waals surface area contributed by atoms with E-state index in [4.69, 9.17) is 18.6 Å². The van der Waals surface area contributed by atoms with Gasteiger partial charge in [-0.05, 0) is 49.2 Å². The predicted octanol–water partition coefficient (Wildman–Crippen LogP) is 3.63. The van der Waals surface area contributed by atoms with E-state index in [-0.39, 0.29) is 23.9 Å². The number of methoxy groups -OCH3 is 1. The van der Waals surface area contributed by atoms with E-state index in [1.54, 1.807) is 29.2 Å². The summed E-state index contributed by atoms with van der Waals surface area (Å²) in [6.07, 6.45) is 1.27. The molecule has 2 aliphatic rings. The number of nitrogens with zero attached hydrogens (tertiary/aromatic N) is 1. The van der Waals surface area contributed by atoms with Crippen LogP contribution in [0.5, 0.6) is 17.2 Å². The fourth-order valence-corrected chi connectivity index (χ4v) is 3.92. The molecule has 0 aliphatic carbocycles. The first-order chi connectivity index (χ1) is 14.1. The van der Waals surface area contributed by atoms with Gasteiger partial charge in [0, 0.05) is 18.5 Å². The molecule has 0 unspecified atom stereocenters. The number of hydrogen-bond donors (Lipinski definition) is 0. The van der Waals surface area contributed by atoms with Crippen LogP contribution in [-0.4, -0.2) is 26.4 Å². The number of carbonyl (C=O) groups is 1. The Balaban J connectivity index is 1.79. The molecule has 2 aliphatic heterocycles. The van der Waals surface area contributed by atoms with Gasteiger partial charge in [-0.15, -0.1) is 0 Å². The minimum atomic E-state index is -0.280. The Morgan fingerprint density at radius 3 is 2.66 bits per heavy atom. The van der Waals surface area contributed by atoms with E-state index in [1.165, 1.54) is 7.11 Å². The quantitative estimate of drug-likeness (QED) is 0.676. The van der Waals surface area contributed by atoms with E-state index >= 15 is 0 Å². The van der Waals surface area contributed by atoms with Crippen molar-refractivity contribution in [1.82, 2.24) is 0 Å². The van der Waals surface area contributed by atoms with Crippen molar-refractivity contribution in [3.05, 3.63) is 46.1 Å². The van der Waals surface area contributed by atoms with Crippen LogP contribution in [0.4, 0.5) is 5.69 Å². The highest BCUT2D eigenvalue weighted by atomic mass is 16.7. The summed E-state index contributed by atoms with van der Waals surface area (Å²) in [7, 11) is 1.44. The monoisotopic (exact) mass is 393 g/mol. The van der Waals surface area contributed by atoms with Crippen molar-refractivity contribution in [2.24, 2.45) is 0 Å². The van der Waals surface area contributed by atoms with Crippen molar-refractivity contribution >= 4 is 22.6 Å². The highest BCUT2D eigenvalue weighted by Crippen LogP contribution is 2.40. The zero-order chi connectivity index (χ0) is 20.1. The largest absolute Gasteiger partial charge is 0.490 e. The first kappa shape index (κ1) is 17.6. The van der Waals surface area contributed by atoms with Gasteiger partial charge in [0.05, 0.1) is 18.2 Å². The van der Waals surface area contributed by atoms with Gasteiger partial charge in [0.1, 0.15) is 0 Å². The van der Waals surface area contributed by atoms with Gasteiger partial charge in [0.2, 0.25) is 23.9 Å². The molecule has 1 fully saturated rings. The van der Waals surface area contributed by atoms with Crippen molar-refractivity contribution in [2.75, 3.05) is 25.3 Å². The number of aryl methyl sites for hydroxylation is 1. The van der Waals surface area contributed by atoms with Crippen LogP contribution in [0.2, 0.25) is 0 Å². The molecule has 0 spiro atoms. The maximum absolute atomic E-state index is 13.2. The predicted molar refractivity (Wildman–Crippen MR) is 107 cm³/mol. The third kappa shape index (κ3) is 2.73. The zero-order valence-electron chi connectivity index (χ0n) is 16.1. The van der Waals surface area contributed by atoms with Gasteiger partial charge >= 0.3 is 0 Å². The van der Waals surface area contributed by atoms with Crippen LogP contribution in [0.25, 0.3) is 22.3 Å². The molecule has 0 saturated carbocycles. The number of hydrogen-bond acceptors (Lipinski definition) is 6. The van der Waals surface area contributed by atoms with Crippen LogP contribution in [0.1, 0.15) is 18.4 Å². The van der Waals surface area contributed by atoms with Crippen LogP contribution in [0.15, 0.2) is 39.5 Å². The number of benzene rings is 2. The van der Waals surface area contributed by atoms with Crippen molar-refractivity contribution < 1.29 is 23.4 Å². The second-order valence-corrected chi connectivity index (χ2v) is 7.17. The van der Waals surface area contributed by atoms with E-state index in [1.807, 2.05) is 13.0 Å². The maximum atomic E-state index is 13.2. The van der Waals surface area contributed by atoms with E-state index in [0.717, 1.165) is 12.0 Å². The molecule has 1 saturated heterocycles. The fourth-order valence-electron chi connectivity index (χ4n) is 3.92. The SMILES string of the molecule is COc1c(-c2ccc3c(c2)OCO3)oc2c(N3CCCC3=O)cc(C)cc2c1=O. The molecule has 29 heavy (non-hydrogen) atoms. The van der Waals surface area contributed by atoms with Crippen LogP contribution >= 0.6 is 0 Å². The lowest BCUT2D eigenvalue weighted by atomic mass is 10.1. The summed E-state index contributed by atoms with van der Waals surface area (Å²) in [6.45, 7) is 2.64. The van der Waals surface area contributed by atoms with Crippen molar-refractivity contribution in [3.8, 4) is 28.6 Å². The fraction of sp³-hybridized carbons (Fsp3) is 0.273. The third-order valence-electron chi connectivity index (χ3n) is 5.28. The average molecular weight is 393 g/mol. The van der Waals surface area contributed by atoms with Crippen LogP contribution in [0.3, 0.4) is 0 Å². The Bertz CT molecular complexity index is 1210. The average Bonchev–Trinajstić information content (AvgIpc) is 3.35. The normalized spacial score (nSPS) is 15.4. The summed E-state index contributed by atoms with van der Waals surface area (Å²) in [5, 5.41) is 0.390. The Labute approximate surface area is 166 Å². The van der Waals surface area contributed by atoms with Gasteiger partial charge < -0.3 is 23.5 Å². The molecule has 2 aromatic carbocycles. The molecule has 7 nitrogen and oxygen atoms in total. The summed E-state index contributed by atoms with van der Waals surface area (Å²) in [6, 6.07) is 8.95. The van der Waals surface area contributed by atoms with Crippen molar-refractivity contribution in [1.29, 1.82) is 0 Å². The first-order valence-corrected chi connectivity index (χ1v) is 9.42. The van der Waals surface area contributed by atoms with E-state index in [2.05, 4.69) is 0 Å². The molecule has 0 bridgehead atoms. The van der Waals surface area contributed by atoms with Crippen molar-refractivity contribution in [2.45, 2.75) is 19.8 Å². The molecule has 0 atom stereocenters. The number of ether oxygens (including phenoxy) is 3. The maximum Gasteiger partial charge on any atom is 0.235 e. The highest BCUT2D eigenvalue weighted by Gasteiger charge is 2.27. The molecular formula is C22H19NO6. The first-order valence-electron chi connectivity index (χ1n) is 9.42. The Kier molecular flexibility index (Phi) is 3.97. The van der Waals surface area contributed by atoms with E-state index in [9.17, 15) is 9.59 Å². The topological polar surface area (TPSA) is 78.2 Å². The molecule has 1 aromatic heterocycles. The standard InChI is InChI=1S/C22H19NO6/c1-12-8-14-19(25)22(26-2)20(13-5-6-16-17(10-13)28-11-27-16)29-21(14)15(9-12)23-7-3-4-18(23)24/h5-6,8-10H,3-4,7,11H2,1-2H3. The van der Waals surface area contributed by atoms with Gasteiger partial charge in [-0.25, -0.2) is 0 Å². The number of carbonyl (C=O) groups excluding carboxylic acids is 1. The highest BCUT2D eigenvalue weighted by molar-refractivity contribution is 6.03. The third-order valence-corrected chi connectivity index (χ3v) is 5.28. The van der Waals surface area contributed by atoms with Crippen molar-refractivity contribution in [3.63, 3.8) is 0 Å². The molecule has 1 amide bonds. The number of anilines is 1. The minimum absolute atomic E-state index is 0.0278. The van der Waals surface area contributed by atoms with E-state index in [0.29, 0.717) is 52.4 Å². The van der Waals surface area contributed by atoms with Gasteiger partial charge in [0.25, 0.3) is 0 Å². The van der Waals surface area contributed by atoms with Gasteiger partial charge in [-0.2, -0.15) is 0 Å². The molecule has 7 heteroatoms. The number of amides is 1. The Morgan fingerprint density at radius 1 is 1.07 bits per heavy atom. The lowest BCUT2D eigenvalue weighted by Crippen LogP contribution is -2.24. The summed E-state index contributed by atoms with van der Waals surface area (Å²) in [5.74, 6) is 1.64. The van der Waals surface area contributed by atoms with Crippen LogP contribution in [-0.2, 0) is 4.79 Å². The van der Waals surface area contributed by atoms with Gasteiger partial charge in [0.15, 0.2) is 22.8 Å². The lowest BCUT2D eigenvalue weighted by Gasteiger charge is -2.19. The molecule has 3 aromatic rings. The lowest BCUT2D eigenvalue weighted by molar-refractivity contribution is -0.117. The second kappa shape index (κ2) is 6.55. The van der Waals surface area contributed by atoms with Gasteiger partial charge in [-0.1, -0.05) is 0 Å². The summed E-state index contributed by atoms with van der Waals surface area (Å²) < 4.78 is 22.5. The zero-order valence-corrected chi connectivity index (χ0v) is 16.1. The molecule has 0 radical (unpaired) electrons. The molecule has 5 rings (SSSR count). The van der Waals surface area contributed by atoms with Crippen LogP contribution in [0, 0.1) is 6.92 Å². The molecule has 0 N–H and O–H groups in total. The summed E-state index contributed by atoms with van der Waals surface area (Å²) in [5.41, 5.74) is 2.22. The second-order valence-electron chi connectivity index (χ2n) is 7.17. The Hall–Kier alpha value is -3.48. The van der Waals surface area contributed by atoms with Gasteiger partial charge in [-0.3, -0.25) is 9.59 Å². The van der Waals surface area contributed by atoms with E-state index < -0.39 is 0 Å². The Morgan fingerprint density at radius 2 is 1.90 bits per heavy atom. The molecule has 148 valence electrons. The molecular weight excluding hydrogens is 374 g/mol. The number of fused-ring (bicyclic) bond motifs is 2. The smallest absolute Gasteiger partial charge is 0.235 e. The minimum Gasteiger partial charge on any atom is -0.490 e. The van der Waals surface area contributed by atoms with Crippen LogP contribution < -0.4 is 24.5 Å².